The van der Waals surface area contributed by atoms with Gasteiger partial charge >= 0.3 is 11.9 Å². The third-order valence-electron chi connectivity index (χ3n) is 6.43. The number of ether oxygens (including phenoxy) is 2. The van der Waals surface area contributed by atoms with Gasteiger partial charge in [0.05, 0.1) is 0 Å². The van der Waals surface area contributed by atoms with Crippen molar-refractivity contribution in [3.63, 3.8) is 0 Å². The van der Waals surface area contributed by atoms with E-state index in [2.05, 4.69) is 0 Å². The van der Waals surface area contributed by atoms with Crippen molar-refractivity contribution < 1.29 is 28.7 Å². The lowest BCUT2D eigenvalue weighted by Gasteiger charge is -2.08. The van der Waals surface area contributed by atoms with E-state index in [0.717, 1.165) is 22.3 Å². The summed E-state index contributed by atoms with van der Waals surface area (Å²) in [6.45, 7) is 3.06. The summed E-state index contributed by atoms with van der Waals surface area (Å²) >= 11 is 0. The molecule has 6 nitrogen and oxygen atoms in total. The Balaban J connectivity index is 1.17. The van der Waals surface area contributed by atoms with Crippen LogP contribution in [0.5, 0.6) is 11.5 Å². The van der Waals surface area contributed by atoms with E-state index in [1.54, 1.807) is 48.5 Å². The minimum atomic E-state index is -0.362. The molecule has 0 unspecified atom stereocenters. The maximum Gasteiger partial charge on any atom is 0.311 e. The Morgan fingerprint density at radius 3 is 1.00 bits per heavy atom. The molecule has 0 atom stereocenters. The molecule has 0 spiro atoms. The summed E-state index contributed by atoms with van der Waals surface area (Å²) < 4.78 is 10.8. The lowest BCUT2D eigenvalue weighted by molar-refractivity contribution is -0.136. The molecular weight excluding hydrogens is 504 g/mol. The first-order valence-corrected chi connectivity index (χ1v) is 13.1. The summed E-state index contributed by atoms with van der Waals surface area (Å²) in [5.41, 5.74) is 5.15. The number of unbranched alkanes of at least 4 members (excludes halogenated alkanes) is 1. The van der Waals surface area contributed by atoms with Crippen LogP contribution in [0, 0.1) is 0 Å². The van der Waals surface area contributed by atoms with Crippen LogP contribution in [0.25, 0.3) is 22.3 Å². The van der Waals surface area contributed by atoms with Gasteiger partial charge in [0.15, 0.2) is 11.6 Å². The van der Waals surface area contributed by atoms with Gasteiger partial charge in [0.1, 0.15) is 11.5 Å². The Morgan fingerprint density at radius 2 is 0.725 bits per heavy atom. The Morgan fingerprint density at radius 1 is 0.450 bits per heavy atom. The van der Waals surface area contributed by atoms with E-state index in [0.29, 0.717) is 35.5 Å². The molecule has 0 aliphatic heterocycles. The fourth-order valence-electron chi connectivity index (χ4n) is 4.13. The molecule has 4 aromatic carbocycles. The molecular formula is C34H30O6. The smallest absolute Gasteiger partial charge is 0.311 e. The molecule has 0 saturated heterocycles. The second kappa shape index (κ2) is 13.3. The number of Topliss-reactive ketones (excluding diaryl/α,β-unsaturated/α-hetero) is 2. The number of hydrogen-bond donors (Lipinski definition) is 0. The SMILES string of the molecule is CC(=O)c1ccc(-c2ccc(OC(=O)CCCCC(=O)Oc3ccc(-c4ccc(C(C)=O)cc4)cc3)cc2)cc1. The van der Waals surface area contributed by atoms with Crippen LogP contribution in [0.15, 0.2) is 97.1 Å². The molecule has 0 aromatic heterocycles. The van der Waals surface area contributed by atoms with Crippen molar-refractivity contribution in [2.24, 2.45) is 0 Å². The van der Waals surface area contributed by atoms with Gasteiger partial charge in [0, 0.05) is 24.0 Å². The molecule has 0 bridgehead atoms. The van der Waals surface area contributed by atoms with Gasteiger partial charge < -0.3 is 9.47 Å². The van der Waals surface area contributed by atoms with Gasteiger partial charge in [-0.1, -0.05) is 72.8 Å². The molecule has 0 fully saturated rings. The van der Waals surface area contributed by atoms with Gasteiger partial charge in [-0.15, -0.1) is 0 Å². The van der Waals surface area contributed by atoms with E-state index in [1.165, 1.54) is 13.8 Å². The third-order valence-corrected chi connectivity index (χ3v) is 6.43. The molecule has 0 radical (unpaired) electrons. The summed E-state index contributed by atoms with van der Waals surface area (Å²) in [5, 5.41) is 0. The molecule has 40 heavy (non-hydrogen) atoms. The Hall–Kier alpha value is -4.84. The van der Waals surface area contributed by atoms with Crippen LogP contribution in [0.2, 0.25) is 0 Å². The van der Waals surface area contributed by atoms with Crippen LogP contribution in [0.3, 0.4) is 0 Å². The number of carbonyl (C=O) groups excluding carboxylic acids is 4. The van der Waals surface area contributed by atoms with Crippen LogP contribution in [0.1, 0.15) is 60.2 Å². The number of rotatable bonds is 11. The normalized spacial score (nSPS) is 10.6. The number of ketones is 2. The van der Waals surface area contributed by atoms with Crippen molar-refractivity contribution in [2.75, 3.05) is 0 Å². The zero-order valence-corrected chi connectivity index (χ0v) is 22.5. The highest BCUT2D eigenvalue weighted by Crippen LogP contribution is 2.25. The van der Waals surface area contributed by atoms with E-state index < -0.39 is 0 Å². The maximum absolute atomic E-state index is 12.2. The molecule has 0 aliphatic rings. The average Bonchev–Trinajstić information content (AvgIpc) is 2.96. The minimum Gasteiger partial charge on any atom is -0.427 e. The summed E-state index contributed by atoms with van der Waals surface area (Å²) in [7, 11) is 0. The monoisotopic (exact) mass is 534 g/mol. The number of carbonyl (C=O) groups is 4. The van der Waals surface area contributed by atoms with Crippen molar-refractivity contribution >= 4 is 23.5 Å². The second-order valence-electron chi connectivity index (χ2n) is 9.47. The van der Waals surface area contributed by atoms with Crippen LogP contribution >= 0.6 is 0 Å². The Kier molecular flexibility index (Phi) is 9.36. The van der Waals surface area contributed by atoms with Crippen molar-refractivity contribution in [2.45, 2.75) is 39.5 Å². The largest absolute Gasteiger partial charge is 0.427 e. The van der Waals surface area contributed by atoms with Crippen molar-refractivity contribution in [3.05, 3.63) is 108 Å². The Labute approximate surface area is 233 Å². The molecule has 4 aromatic rings. The van der Waals surface area contributed by atoms with Gasteiger partial charge in [-0.2, -0.15) is 0 Å². The second-order valence-corrected chi connectivity index (χ2v) is 9.47. The topological polar surface area (TPSA) is 86.7 Å². The van der Waals surface area contributed by atoms with Gasteiger partial charge in [0.25, 0.3) is 0 Å². The van der Waals surface area contributed by atoms with Gasteiger partial charge in [-0.05, 0) is 73.2 Å². The highest BCUT2D eigenvalue weighted by atomic mass is 16.5. The highest BCUT2D eigenvalue weighted by molar-refractivity contribution is 5.95. The molecule has 6 heteroatoms. The van der Waals surface area contributed by atoms with E-state index in [9.17, 15) is 19.2 Å². The summed E-state index contributed by atoms with van der Waals surface area (Å²) in [6.07, 6.45) is 1.39. The average molecular weight is 535 g/mol. The van der Waals surface area contributed by atoms with E-state index in [-0.39, 0.29) is 36.3 Å². The minimum absolute atomic E-state index is 0.0201. The van der Waals surface area contributed by atoms with Crippen LogP contribution in [-0.2, 0) is 9.59 Å². The van der Waals surface area contributed by atoms with E-state index in [1.807, 2.05) is 48.5 Å². The number of esters is 2. The quantitative estimate of drug-likeness (QED) is 0.0857. The fraction of sp³-hybridized carbons (Fsp3) is 0.176. The lowest BCUT2D eigenvalue weighted by Crippen LogP contribution is -2.10. The summed E-state index contributed by atoms with van der Waals surface area (Å²) in [5.74, 6) is 0.217. The van der Waals surface area contributed by atoms with Gasteiger partial charge in [-0.25, -0.2) is 0 Å². The van der Waals surface area contributed by atoms with Crippen molar-refractivity contribution in [1.82, 2.24) is 0 Å². The van der Waals surface area contributed by atoms with Gasteiger partial charge in [0.2, 0.25) is 0 Å². The van der Waals surface area contributed by atoms with Gasteiger partial charge in [-0.3, -0.25) is 19.2 Å². The predicted molar refractivity (Wildman–Crippen MR) is 154 cm³/mol. The first-order valence-electron chi connectivity index (χ1n) is 13.1. The van der Waals surface area contributed by atoms with Crippen molar-refractivity contribution in [3.8, 4) is 33.8 Å². The summed E-state index contributed by atoms with van der Waals surface area (Å²) in [6, 6.07) is 29.1. The molecule has 4 rings (SSSR count). The van der Waals surface area contributed by atoms with E-state index >= 15 is 0 Å². The molecule has 0 aliphatic carbocycles. The molecule has 0 saturated carbocycles. The van der Waals surface area contributed by atoms with Crippen LogP contribution < -0.4 is 9.47 Å². The zero-order valence-electron chi connectivity index (χ0n) is 22.5. The maximum atomic E-state index is 12.2. The van der Waals surface area contributed by atoms with Crippen LogP contribution in [0.4, 0.5) is 0 Å². The number of benzene rings is 4. The van der Waals surface area contributed by atoms with E-state index in [4.69, 9.17) is 9.47 Å². The standard InChI is InChI=1S/C34H30O6/c1-23(35)25-7-11-27(12-8-25)29-15-19-31(20-16-29)39-33(37)5-3-4-6-34(38)40-32-21-17-30(18-22-32)28-13-9-26(10-14-28)24(2)36/h7-22H,3-6H2,1-2H3. The molecule has 0 N–H and O–H groups in total. The Bertz CT molecular complexity index is 1370. The summed E-state index contributed by atoms with van der Waals surface area (Å²) in [4.78, 5) is 47.3. The highest BCUT2D eigenvalue weighted by Gasteiger charge is 2.10. The number of hydrogen-bond acceptors (Lipinski definition) is 6. The lowest BCUT2D eigenvalue weighted by atomic mass is 10.0. The molecule has 202 valence electrons. The zero-order chi connectivity index (χ0) is 28.5. The predicted octanol–water partition coefficient (Wildman–Crippen LogP) is 7.50. The van der Waals surface area contributed by atoms with Crippen LogP contribution in [-0.4, -0.2) is 23.5 Å². The fourth-order valence-corrected chi connectivity index (χ4v) is 4.13. The first kappa shape index (κ1) is 28.2. The molecule has 0 amide bonds. The third kappa shape index (κ3) is 7.84. The first-order chi connectivity index (χ1) is 19.3. The van der Waals surface area contributed by atoms with Crippen molar-refractivity contribution in [1.29, 1.82) is 0 Å². The molecule has 0 heterocycles.